The van der Waals surface area contributed by atoms with E-state index in [9.17, 15) is 0 Å². The summed E-state index contributed by atoms with van der Waals surface area (Å²) in [4.78, 5) is 8.97. The number of rotatable bonds is 3. The molecule has 2 N–H and O–H groups in total. The van der Waals surface area contributed by atoms with E-state index in [4.69, 9.17) is 0 Å². The fourth-order valence-corrected chi connectivity index (χ4v) is 3.69. The third-order valence-electron chi connectivity index (χ3n) is 3.65. The van der Waals surface area contributed by atoms with E-state index in [0.29, 0.717) is 5.82 Å². The van der Waals surface area contributed by atoms with Crippen molar-refractivity contribution in [3.8, 4) is 0 Å². The van der Waals surface area contributed by atoms with Crippen molar-refractivity contribution in [2.75, 3.05) is 18.9 Å². The zero-order valence-electron chi connectivity index (χ0n) is 12.5. The molecule has 7 nitrogen and oxygen atoms in total. The van der Waals surface area contributed by atoms with Crippen molar-refractivity contribution in [1.29, 1.82) is 0 Å². The van der Waals surface area contributed by atoms with Gasteiger partial charge in [-0.05, 0) is 34.4 Å². The predicted molar refractivity (Wildman–Crippen MR) is 94.6 cm³/mol. The standard InChI is InChI=1S/C14H14BrN7S/c1-8-11(15)14(23-20-8)19-12-13-17-6-10(22(13)4-3-16-12)9-5-18-21(2)7-9/h3-4,6-7,18H,5H2,1-2H3,(H,16,19). The van der Waals surface area contributed by atoms with Crippen molar-refractivity contribution < 1.29 is 0 Å². The second kappa shape index (κ2) is 5.59. The average molecular weight is 392 g/mol. The fourth-order valence-electron chi connectivity index (χ4n) is 2.48. The fraction of sp³-hybridized carbons (Fsp3) is 0.214. The van der Waals surface area contributed by atoms with Crippen molar-refractivity contribution in [1.82, 2.24) is 29.2 Å². The Labute approximate surface area is 145 Å². The Morgan fingerprint density at radius 2 is 2.26 bits per heavy atom. The summed E-state index contributed by atoms with van der Waals surface area (Å²) in [7, 11) is 1.98. The highest BCUT2D eigenvalue weighted by Gasteiger charge is 2.17. The Morgan fingerprint density at radius 1 is 1.39 bits per heavy atom. The van der Waals surface area contributed by atoms with E-state index in [1.54, 1.807) is 6.20 Å². The lowest BCUT2D eigenvalue weighted by Crippen LogP contribution is -2.23. The highest BCUT2D eigenvalue weighted by molar-refractivity contribution is 9.10. The minimum atomic E-state index is 0.711. The molecule has 0 atom stereocenters. The Balaban J connectivity index is 1.76. The normalized spacial score (nSPS) is 14.6. The van der Waals surface area contributed by atoms with E-state index in [2.05, 4.69) is 47.2 Å². The summed E-state index contributed by atoms with van der Waals surface area (Å²) in [6.07, 6.45) is 7.64. The molecule has 4 heterocycles. The maximum atomic E-state index is 4.54. The summed E-state index contributed by atoms with van der Waals surface area (Å²) in [6, 6.07) is 0. The van der Waals surface area contributed by atoms with Crippen molar-refractivity contribution in [2.24, 2.45) is 0 Å². The number of aryl methyl sites for hydroxylation is 1. The third kappa shape index (κ3) is 2.50. The second-order valence-electron chi connectivity index (χ2n) is 5.25. The van der Waals surface area contributed by atoms with Gasteiger partial charge in [-0.2, -0.15) is 4.37 Å². The smallest absolute Gasteiger partial charge is 0.180 e. The molecule has 1 aliphatic heterocycles. The van der Waals surface area contributed by atoms with Gasteiger partial charge < -0.3 is 10.3 Å². The van der Waals surface area contributed by atoms with Gasteiger partial charge in [-0.15, -0.1) is 0 Å². The molecule has 0 saturated heterocycles. The van der Waals surface area contributed by atoms with Gasteiger partial charge in [-0.25, -0.2) is 15.4 Å². The maximum absolute atomic E-state index is 4.54. The number of hydrogen-bond donors (Lipinski definition) is 2. The SMILES string of the molecule is Cc1nsc(Nc2nccn3c(C4=CN(C)NC4)cnc23)c1Br. The van der Waals surface area contributed by atoms with Gasteiger partial charge in [0.05, 0.1) is 22.1 Å². The third-order valence-corrected chi connectivity index (χ3v) is 5.73. The summed E-state index contributed by atoms with van der Waals surface area (Å²) >= 11 is 4.94. The summed E-state index contributed by atoms with van der Waals surface area (Å²) in [5.74, 6) is 0.711. The van der Waals surface area contributed by atoms with Gasteiger partial charge in [-0.1, -0.05) is 0 Å². The van der Waals surface area contributed by atoms with E-state index < -0.39 is 0 Å². The summed E-state index contributed by atoms with van der Waals surface area (Å²) < 4.78 is 7.33. The summed E-state index contributed by atoms with van der Waals surface area (Å²) in [6.45, 7) is 2.75. The quantitative estimate of drug-likeness (QED) is 0.715. The molecule has 0 aliphatic carbocycles. The lowest BCUT2D eigenvalue weighted by molar-refractivity contribution is 0.374. The minimum absolute atomic E-state index is 0.711. The van der Waals surface area contributed by atoms with Gasteiger partial charge in [0.2, 0.25) is 0 Å². The van der Waals surface area contributed by atoms with Crippen molar-refractivity contribution in [2.45, 2.75) is 6.92 Å². The van der Waals surface area contributed by atoms with Gasteiger partial charge in [0.15, 0.2) is 11.5 Å². The number of nitrogens with one attached hydrogen (secondary N) is 2. The number of imidazole rings is 1. The lowest BCUT2D eigenvalue weighted by Gasteiger charge is -2.06. The van der Waals surface area contributed by atoms with E-state index in [-0.39, 0.29) is 0 Å². The van der Waals surface area contributed by atoms with Crippen LogP contribution in [0.3, 0.4) is 0 Å². The Kier molecular flexibility index (Phi) is 3.55. The molecule has 23 heavy (non-hydrogen) atoms. The topological polar surface area (TPSA) is 70.4 Å². The number of hydrogen-bond acceptors (Lipinski definition) is 7. The Morgan fingerprint density at radius 3 is 2.96 bits per heavy atom. The van der Waals surface area contributed by atoms with Crippen LogP contribution < -0.4 is 10.7 Å². The molecule has 0 aromatic carbocycles. The van der Waals surface area contributed by atoms with Gasteiger partial charge >= 0.3 is 0 Å². The molecule has 118 valence electrons. The van der Waals surface area contributed by atoms with Gasteiger partial charge in [0, 0.05) is 37.8 Å². The number of fused-ring (bicyclic) bond motifs is 1. The first kappa shape index (κ1) is 14.6. The average Bonchev–Trinajstić information content (AvgIpc) is 3.23. The van der Waals surface area contributed by atoms with E-state index >= 15 is 0 Å². The highest BCUT2D eigenvalue weighted by atomic mass is 79.9. The molecule has 0 bridgehead atoms. The monoisotopic (exact) mass is 391 g/mol. The maximum Gasteiger partial charge on any atom is 0.180 e. The number of hydrazine groups is 1. The molecule has 0 unspecified atom stereocenters. The number of halogens is 1. The highest BCUT2D eigenvalue weighted by Crippen LogP contribution is 2.33. The van der Waals surface area contributed by atoms with Gasteiger partial charge in [0.1, 0.15) is 5.00 Å². The van der Waals surface area contributed by atoms with Crippen LogP contribution in [0.2, 0.25) is 0 Å². The molecule has 3 aromatic rings. The molecule has 0 amide bonds. The van der Waals surface area contributed by atoms with E-state index in [1.807, 2.05) is 35.8 Å². The Bertz CT molecular complexity index is 913. The van der Waals surface area contributed by atoms with Crippen LogP contribution in [0, 0.1) is 6.92 Å². The largest absolute Gasteiger partial charge is 0.327 e. The van der Waals surface area contributed by atoms with E-state index in [0.717, 1.165) is 33.1 Å². The summed E-state index contributed by atoms with van der Waals surface area (Å²) in [5, 5.41) is 6.19. The molecule has 1 aliphatic rings. The van der Waals surface area contributed by atoms with Gasteiger partial charge in [0.25, 0.3) is 0 Å². The molecule has 4 rings (SSSR count). The zero-order chi connectivity index (χ0) is 16.0. The first-order chi connectivity index (χ1) is 11.1. The number of nitrogens with zero attached hydrogens (tertiary/aromatic N) is 5. The van der Waals surface area contributed by atoms with Crippen LogP contribution in [-0.4, -0.2) is 37.3 Å². The second-order valence-corrected chi connectivity index (χ2v) is 6.82. The molecule has 9 heteroatoms. The number of aromatic nitrogens is 4. The molecule has 0 spiro atoms. The molecule has 3 aromatic heterocycles. The molecule has 0 fully saturated rings. The van der Waals surface area contributed by atoms with Crippen molar-refractivity contribution >= 4 is 49.5 Å². The number of anilines is 2. The van der Waals surface area contributed by atoms with Crippen LogP contribution >= 0.6 is 27.5 Å². The summed E-state index contributed by atoms with van der Waals surface area (Å²) in [5.41, 5.74) is 7.23. The van der Waals surface area contributed by atoms with Crippen molar-refractivity contribution in [3.63, 3.8) is 0 Å². The Hall–Kier alpha value is -1.97. The van der Waals surface area contributed by atoms with Crippen LogP contribution in [-0.2, 0) is 0 Å². The van der Waals surface area contributed by atoms with E-state index in [1.165, 1.54) is 17.1 Å². The predicted octanol–water partition coefficient (Wildman–Crippen LogP) is 2.79. The molecular formula is C14H14BrN7S. The van der Waals surface area contributed by atoms with Crippen LogP contribution in [0.1, 0.15) is 11.4 Å². The first-order valence-electron chi connectivity index (χ1n) is 7.02. The van der Waals surface area contributed by atoms with Gasteiger partial charge in [-0.3, -0.25) is 4.40 Å². The van der Waals surface area contributed by atoms with Crippen LogP contribution in [0.5, 0.6) is 0 Å². The molecular weight excluding hydrogens is 378 g/mol. The van der Waals surface area contributed by atoms with Crippen LogP contribution in [0.4, 0.5) is 10.8 Å². The minimum Gasteiger partial charge on any atom is -0.327 e. The molecule has 0 saturated carbocycles. The first-order valence-corrected chi connectivity index (χ1v) is 8.58. The van der Waals surface area contributed by atoms with Crippen LogP contribution in [0.25, 0.3) is 11.2 Å². The zero-order valence-corrected chi connectivity index (χ0v) is 14.9. The lowest BCUT2D eigenvalue weighted by atomic mass is 10.2. The van der Waals surface area contributed by atoms with Crippen molar-refractivity contribution in [3.05, 3.63) is 40.7 Å². The van der Waals surface area contributed by atoms with Crippen LogP contribution in [0.15, 0.2) is 29.3 Å². The molecule has 0 radical (unpaired) electrons.